The Balaban J connectivity index is 1.78. The number of Topliss-reactive ketones (excluding diaryl/α,β-unsaturated/α-hetero) is 1. The van der Waals surface area contributed by atoms with Gasteiger partial charge in [-0.25, -0.2) is 4.39 Å². The number of hydrogen-bond donors (Lipinski definition) is 1. The molecule has 2 atom stereocenters. The van der Waals surface area contributed by atoms with E-state index >= 15 is 0 Å². The summed E-state index contributed by atoms with van der Waals surface area (Å²) in [5.41, 5.74) is 2.69. The van der Waals surface area contributed by atoms with E-state index in [9.17, 15) is 18.8 Å². The lowest BCUT2D eigenvalue weighted by Gasteiger charge is -2.17. The average molecular weight is 383 g/mol. The Hall–Kier alpha value is -3.02. The van der Waals surface area contributed by atoms with Crippen LogP contribution in [-0.4, -0.2) is 40.8 Å². The highest BCUT2D eigenvalue weighted by Crippen LogP contribution is 2.36. The molecule has 2 aromatic rings. The molecule has 1 heterocycles. The Kier molecular flexibility index (Phi) is 5.87. The summed E-state index contributed by atoms with van der Waals surface area (Å²) in [5.74, 6) is -2.69. The van der Waals surface area contributed by atoms with Crippen LogP contribution >= 0.6 is 0 Å². The van der Waals surface area contributed by atoms with Crippen LogP contribution in [-0.2, 0) is 20.8 Å². The first-order chi connectivity index (χ1) is 13.3. The Morgan fingerprint density at radius 2 is 1.75 bits per heavy atom. The number of carboxylic acids is 1. The number of carbonyl (C=O) groups excluding carboxylic acids is 2. The summed E-state index contributed by atoms with van der Waals surface area (Å²) in [4.78, 5) is 37.8. The van der Waals surface area contributed by atoms with E-state index in [0.29, 0.717) is 5.56 Å². The van der Waals surface area contributed by atoms with Gasteiger partial charge in [0.2, 0.25) is 5.91 Å². The van der Waals surface area contributed by atoms with Crippen LogP contribution in [0.3, 0.4) is 0 Å². The topological polar surface area (TPSA) is 74.7 Å². The van der Waals surface area contributed by atoms with Crippen molar-refractivity contribution in [3.63, 3.8) is 0 Å². The van der Waals surface area contributed by atoms with E-state index < -0.39 is 11.9 Å². The third-order valence-corrected chi connectivity index (χ3v) is 5.13. The number of carboxylic acid groups (broad SMARTS) is 1. The number of aliphatic carboxylic acids is 1. The first-order valence-corrected chi connectivity index (χ1v) is 9.17. The molecule has 6 heteroatoms. The molecule has 2 aromatic carbocycles. The zero-order valence-electron chi connectivity index (χ0n) is 15.6. The minimum absolute atomic E-state index is 0.0326. The molecule has 1 fully saturated rings. The summed E-state index contributed by atoms with van der Waals surface area (Å²) in [7, 11) is 0. The summed E-state index contributed by atoms with van der Waals surface area (Å²) in [6.45, 7) is 1.87. The van der Waals surface area contributed by atoms with Gasteiger partial charge in [0, 0.05) is 25.3 Å². The Morgan fingerprint density at radius 3 is 2.36 bits per heavy atom. The van der Waals surface area contributed by atoms with Gasteiger partial charge >= 0.3 is 5.97 Å². The molecule has 0 aliphatic carbocycles. The number of rotatable bonds is 7. The van der Waals surface area contributed by atoms with Gasteiger partial charge < -0.3 is 10.0 Å². The predicted octanol–water partition coefficient (Wildman–Crippen LogP) is 2.96. The van der Waals surface area contributed by atoms with Crippen molar-refractivity contribution >= 4 is 17.7 Å². The fourth-order valence-electron chi connectivity index (χ4n) is 3.70. The molecular weight excluding hydrogens is 361 g/mol. The van der Waals surface area contributed by atoms with Gasteiger partial charge in [0.05, 0.1) is 5.92 Å². The van der Waals surface area contributed by atoms with Gasteiger partial charge in [0.1, 0.15) is 18.1 Å². The lowest BCUT2D eigenvalue weighted by Crippen LogP contribution is -2.33. The van der Waals surface area contributed by atoms with Crippen LogP contribution in [0.2, 0.25) is 0 Å². The quantitative estimate of drug-likeness (QED) is 0.798. The van der Waals surface area contributed by atoms with E-state index in [2.05, 4.69) is 0 Å². The van der Waals surface area contributed by atoms with Crippen LogP contribution in [0.1, 0.15) is 29.0 Å². The van der Waals surface area contributed by atoms with Crippen molar-refractivity contribution in [1.82, 2.24) is 4.90 Å². The van der Waals surface area contributed by atoms with Crippen LogP contribution in [0, 0.1) is 18.7 Å². The van der Waals surface area contributed by atoms with E-state index in [1.54, 1.807) is 12.1 Å². The maximum absolute atomic E-state index is 13.0. The van der Waals surface area contributed by atoms with Crippen molar-refractivity contribution in [2.24, 2.45) is 5.92 Å². The number of hydrogen-bond acceptors (Lipinski definition) is 3. The van der Waals surface area contributed by atoms with Crippen molar-refractivity contribution in [2.75, 3.05) is 13.1 Å². The number of aryl methyl sites for hydroxylation is 1. The number of carbonyl (C=O) groups is 3. The second kappa shape index (κ2) is 8.33. The summed E-state index contributed by atoms with van der Waals surface area (Å²) in [5, 5.41) is 9.08. The van der Waals surface area contributed by atoms with Crippen LogP contribution in [0.5, 0.6) is 0 Å². The molecule has 0 spiro atoms. The van der Waals surface area contributed by atoms with E-state index in [0.717, 1.165) is 11.1 Å². The van der Waals surface area contributed by atoms with Crippen LogP contribution in [0.4, 0.5) is 4.39 Å². The minimum Gasteiger partial charge on any atom is -0.480 e. The Morgan fingerprint density at radius 1 is 1.11 bits per heavy atom. The Bertz CT molecular complexity index is 876. The van der Waals surface area contributed by atoms with Gasteiger partial charge in [0.15, 0.2) is 0 Å². The SMILES string of the molecule is Cc1ccc([C@@H]2CN(CC(=O)O)C(=O)[C@H]2CC(=O)Cc2ccc(F)cc2)cc1. The second-order valence-electron chi connectivity index (χ2n) is 7.28. The van der Waals surface area contributed by atoms with Crippen molar-refractivity contribution in [3.8, 4) is 0 Å². The Labute approximate surface area is 162 Å². The zero-order valence-corrected chi connectivity index (χ0v) is 15.6. The van der Waals surface area contributed by atoms with Crippen molar-refractivity contribution in [2.45, 2.75) is 25.7 Å². The van der Waals surface area contributed by atoms with Crippen molar-refractivity contribution in [1.29, 1.82) is 0 Å². The van der Waals surface area contributed by atoms with Gasteiger partial charge in [-0.15, -0.1) is 0 Å². The monoisotopic (exact) mass is 383 g/mol. The maximum Gasteiger partial charge on any atom is 0.323 e. The fraction of sp³-hybridized carbons (Fsp3) is 0.318. The standard InChI is InChI=1S/C22H22FNO4/c1-14-2-6-16(7-3-14)20-12-24(13-21(26)27)22(28)19(20)11-18(25)10-15-4-8-17(23)9-5-15/h2-9,19-20H,10-13H2,1H3,(H,26,27)/t19-,20-/m0/s1. The molecule has 3 rings (SSSR count). The fourth-order valence-corrected chi connectivity index (χ4v) is 3.70. The molecule has 0 bridgehead atoms. The lowest BCUT2D eigenvalue weighted by atomic mass is 9.84. The number of nitrogens with zero attached hydrogens (tertiary/aromatic N) is 1. The molecule has 1 saturated heterocycles. The third-order valence-electron chi connectivity index (χ3n) is 5.13. The number of halogens is 1. The van der Waals surface area contributed by atoms with E-state index in [1.807, 2.05) is 31.2 Å². The van der Waals surface area contributed by atoms with Gasteiger partial charge in [-0.1, -0.05) is 42.0 Å². The molecule has 28 heavy (non-hydrogen) atoms. The van der Waals surface area contributed by atoms with E-state index in [1.165, 1.54) is 17.0 Å². The minimum atomic E-state index is -1.07. The van der Waals surface area contributed by atoms with Crippen LogP contribution in [0.25, 0.3) is 0 Å². The summed E-state index contributed by atoms with van der Waals surface area (Å²) >= 11 is 0. The first kappa shape index (κ1) is 19.7. The summed E-state index contributed by atoms with van der Waals surface area (Å²) < 4.78 is 13.0. The molecule has 5 nitrogen and oxygen atoms in total. The third kappa shape index (κ3) is 4.63. The number of likely N-dealkylation sites (tertiary alicyclic amines) is 1. The van der Waals surface area contributed by atoms with E-state index in [4.69, 9.17) is 5.11 Å². The molecule has 1 amide bonds. The highest BCUT2D eigenvalue weighted by atomic mass is 19.1. The molecule has 0 aromatic heterocycles. The second-order valence-corrected chi connectivity index (χ2v) is 7.28. The number of amides is 1. The van der Waals surface area contributed by atoms with Gasteiger partial charge in [-0.3, -0.25) is 14.4 Å². The molecule has 0 saturated carbocycles. The number of ketones is 1. The zero-order chi connectivity index (χ0) is 20.3. The molecule has 1 aliphatic heterocycles. The average Bonchev–Trinajstić information content (AvgIpc) is 2.93. The van der Waals surface area contributed by atoms with Crippen molar-refractivity contribution < 1.29 is 23.9 Å². The maximum atomic E-state index is 13.0. The highest BCUT2D eigenvalue weighted by molar-refractivity contribution is 5.91. The molecule has 0 radical (unpaired) electrons. The van der Waals surface area contributed by atoms with Crippen molar-refractivity contribution in [3.05, 3.63) is 71.0 Å². The van der Waals surface area contributed by atoms with Gasteiger partial charge in [-0.05, 0) is 30.2 Å². The summed E-state index contributed by atoms with van der Waals surface area (Å²) in [6.07, 6.45) is 0.147. The molecule has 0 unspecified atom stereocenters. The first-order valence-electron chi connectivity index (χ1n) is 9.17. The smallest absolute Gasteiger partial charge is 0.323 e. The van der Waals surface area contributed by atoms with Gasteiger partial charge in [-0.2, -0.15) is 0 Å². The van der Waals surface area contributed by atoms with Crippen LogP contribution in [0.15, 0.2) is 48.5 Å². The predicted molar refractivity (Wildman–Crippen MR) is 101 cm³/mol. The molecule has 1 N–H and O–H groups in total. The molecule has 146 valence electrons. The summed E-state index contributed by atoms with van der Waals surface area (Å²) in [6, 6.07) is 13.4. The molecule has 1 aliphatic rings. The van der Waals surface area contributed by atoms with Crippen LogP contribution < -0.4 is 0 Å². The van der Waals surface area contributed by atoms with E-state index in [-0.39, 0.29) is 49.4 Å². The normalized spacial score (nSPS) is 19.1. The lowest BCUT2D eigenvalue weighted by molar-refractivity contribution is -0.143. The highest BCUT2D eigenvalue weighted by Gasteiger charge is 2.42. The van der Waals surface area contributed by atoms with Gasteiger partial charge in [0.25, 0.3) is 0 Å². The largest absolute Gasteiger partial charge is 0.480 e. The molecular formula is C22H22FNO4. The number of benzene rings is 2.